The number of rotatable bonds is 4. The Kier molecular flexibility index (Phi) is 4.11. The highest BCUT2D eigenvalue weighted by atomic mass is 32.2. The van der Waals surface area contributed by atoms with Crippen LogP contribution in [0.15, 0.2) is 45.7 Å². The van der Waals surface area contributed by atoms with Gasteiger partial charge in [0.05, 0.1) is 17.0 Å². The van der Waals surface area contributed by atoms with Gasteiger partial charge in [-0.15, -0.1) is 0 Å². The first-order valence-electron chi connectivity index (χ1n) is 5.91. The lowest BCUT2D eigenvalue weighted by molar-refractivity contribution is -0.137. The summed E-state index contributed by atoms with van der Waals surface area (Å²) in [6, 6.07) is 6.81. The molecule has 1 aromatic heterocycles. The lowest BCUT2D eigenvalue weighted by Gasteiger charge is -2.09. The molecule has 0 spiro atoms. The van der Waals surface area contributed by atoms with E-state index in [-0.39, 0.29) is 6.54 Å². The molecular weight excluding hydrogens is 307 g/mol. The maximum absolute atomic E-state index is 12.6. The normalized spacial score (nSPS) is 12.6. The highest BCUT2D eigenvalue weighted by Gasteiger charge is 2.31. The molecule has 0 saturated heterocycles. The minimum absolute atomic E-state index is 0.133. The van der Waals surface area contributed by atoms with Gasteiger partial charge in [-0.3, -0.25) is 0 Å². The molecule has 0 aliphatic carbocycles. The molecule has 1 aromatic carbocycles. The second kappa shape index (κ2) is 5.53. The Hall–Kier alpha value is -1.80. The molecule has 1 heterocycles. The van der Waals surface area contributed by atoms with Gasteiger partial charge in [0.15, 0.2) is 0 Å². The summed E-state index contributed by atoms with van der Waals surface area (Å²) in [6.07, 6.45) is -4.59. The molecule has 0 aliphatic rings. The summed E-state index contributed by atoms with van der Waals surface area (Å²) >= 11 is 0. The number of furan rings is 1. The lowest BCUT2D eigenvalue weighted by Crippen LogP contribution is -2.23. The minimum atomic E-state index is -4.59. The highest BCUT2D eigenvalue weighted by Crippen LogP contribution is 2.30. The largest absolute Gasteiger partial charge is 0.465 e. The van der Waals surface area contributed by atoms with E-state index in [1.54, 1.807) is 19.1 Å². The summed E-state index contributed by atoms with van der Waals surface area (Å²) in [4.78, 5) is -0.444. The average molecular weight is 319 g/mol. The Morgan fingerprint density at radius 1 is 1.19 bits per heavy atom. The van der Waals surface area contributed by atoms with Crippen LogP contribution in [0.1, 0.15) is 17.1 Å². The summed E-state index contributed by atoms with van der Waals surface area (Å²) in [5, 5.41) is 0. The fraction of sp³-hybridized carbons (Fsp3) is 0.231. The zero-order valence-electron chi connectivity index (χ0n) is 10.9. The molecule has 114 valence electrons. The monoisotopic (exact) mass is 319 g/mol. The third-order valence-electron chi connectivity index (χ3n) is 2.70. The second-order valence-corrected chi connectivity index (χ2v) is 6.13. The van der Waals surface area contributed by atoms with Crippen molar-refractivity contribution in [2.24, 2.45) is 0 Å². The summed E-state index contributed by atoms with van der Waals surface area (Å²) in [5.74, 6) is 0.992. The molecule has 4 nitrogen and oxygen atoms in total. The zero-order valence-corrected chi connectivity index (χ0v) is 11.8. The highest BCUT2D eigenvalue weighted by molar-refractivity contribution is 7.89. The molecule has 0 saturated carbocycles. The summed E-state index contributed by atoms with van der Waals surface area (Å²) in [7, 11) is -4.04. The molecule has 2 aromatic rings. The Labute approximate surface area is 119 Å². The van der Waals surface area contributed by atoms with Crippen LogP contribution in [-0.2, 0) is 22.7 Å². The molecule has 0 bridgehead atoms. The number of nitrogens with one attached hydrogen (secondary N) is 1. The third kappa shape index (κ3) is 3.85. The van der Waals surface area contributed by atoms with Gasteiger partial charge in [0.2, 0.25) is 10.0 Å². The molecule has 0 aliphatic heterocycles. The molecule has 0 amide bonds. The van der Waals surface area contributed by atoms with Crippen molar-refractivity contribution >= 4 is 10.0 Å². The Morgan fingerprint density at radius 3 is 2.48 bits per heavy atom. The fourth-order valence-electron chi connectivity index (χ4n) is 1.67. The van der Waals surface area contributed by atoms with Gasteiger partial charge >= 0.3 is 6.18 Å². The second-order valence-electron chi connectivity index (χ2n) is 4.36. The van der Waals surface area contributed by atoms with Gasteiger partial charge in [-0.2, -0.15) is 13.2 Å². The number of benzene rings is 1. The van der Waals surface area contributed by atoms with E-state index in [9.17, 15) is 21.6 Å². The van der Waals surface area contributed by atoms with Crippen LogP contribution in [0.5, 0.6) is 0 Å². The van der Waals surface area contributed by atoms with Gasteiger partial charge in [-0.25, -0.2) is 13.1 Å². The summed E-state index contributed by atoms with van der Waals surface area (Å²) in [5.41, 5.74) is -1.01. The molecule has 0 fully saturated rings. The van der Waals surface area contributed by atoms with Gasteiger partial charge in [0.1, 0.15) is 11.5 Å². The molecule has 0 unspecified atom stereocenters. The van der Waals surface area contributed by atoms with Crippen LogP contribution in [0.3, 0.4) is 0 Å². The Balaban J connectivity index is 2.19. The van der Waals surface area contributed by atoms with E-state index in [2.05, 4.69) is 4.72 Å². The van der Waals surface area contributed by atoms with Crippen molar-refractivity contribution in [3.63, 3.8) is 0 Å². The van der Waals surface area contributed by atoms with E-state index in [0.717, 1.165) is 18.2 Å². The zero-order chi connectivity index (χ0) is 15.7. The number of sulfonamides is 1. The quantitative estimate of drug-likeness (QED) is 0.942. The Bertz CT molecular complexity index is 735. The molecule has 2 rings (SSSR count). The molecule has 0 atom stereocenters. The summed E-state index contributed by atoms with van der Waals surface area (Å²) < 4.78 is 69.1. The first-order valence-corrected chi connectivity index (χ1v) is 7.39. The standard InChI is InChI=1S/C13H12F3NO3S/c1-9-5-6-11(20-9)8-17-21(18,19)12-4-2-3-10(7-12)13(14,15)16/h2-7,17H,8H2,1H3. The van der Waals surface area contributed by atoms with E-state index >= 15 is 0 Å². The molecule has 8 heteroatoms. The fourth-order valence-corrected chi connectivity index (χ4v) is 2.71. The van der Waals surface area contributed by atoms with E-state index in [1.165, 1.54) is 0 Å². The average Bonchev–Trinajstić information content (AvgIpc) is 2.82. The number of halogens is 3. The molecular formula is C13H12F3NO3S. The van der Waals surface area contributed by atoms with Crippen LogP contribution in [0.4, 0.5) is 13.2 Å². The number of alkyl halides is 3. The van der Waals surface area contributed by atoms with Crippen molar-refractivity contribution < 1.29 is 26.0 Å². The molecule has 0 radical (unpaired) electrons. The van der Waals surface area contributed by atoms with E-state index < -0.39 is 26.7 Å². The van der Waals surface area contributed by atoms with Crippen molar-refractivity contribution in [1.82, 2.24) is 4.72 Å². The SMILES string of the molecule is Cc1ccc(CNS(=O)(=O)c2cccc(C(F)(F)F)c2)o1. The van der Waals surface area contributed by atoms with Crippen LogP contribution >= 0.6 is 0 Å². The van der Waals surface area contributed by atoms with Crippen molar-refractivity contribution in [2.45, 2.75) is 24.5 Å². The Morgan fingerprint density at radius 2 is 1.90 bits per heavy atom. The van der Waals surface area contributed by atoms with Crippen LogP contribution < -0.4 is 4.72 Å². The van der Waals surface area contributed by atoms with Gasteiger partial charge in [-0.1, -0.05) is 6.07 Å². The van der Waals surface area contributed by atoms with Gasteiger partial charge in [-0.05, 0) is 37.3 Å². The molecule has 1 N–H and O–H groups in total. The van der Waals surface area contributed by atoms with E-state index in [1.807, 2.05) is 0 Å². The number of hydrogen-bond acceptors (Lipinski definition) is 3. The first kappa shape index (κ1) is 15.6. The van der Waals surface area contributed by atoms with Gasteiger partial charge < -0.3 is 4.42 Å². The lowest BCUT2D eigenvalue weighted by atomic mass is 10.2. The van der Waals surface area contributed by atoms with Crippen LogP contribution in [-0.4, -0.2) is 8.42 Å². The predicted molar refractivity (Wildman–Crippen MR) is 68.9 cm³/mol. The van der Waals surface area contributed by atoms with E-state index in [0.29, 0.717) is 17.6 Å². The van der Waals surface area contributed by atoms with Crippen molar-refractivity contribution in [3.05, 3.63) is 53.5 Å². The maximum Gasteiger partial charge on any atom is 0.416 e. The van der Waals surface area contributed by atoms with Gasteiger partial charge in [0.25, 0.3) is 0 Å². The summed E-state index contributed by atoms with van der Waals surface area (Å²) in [6.45, 7) is 1.57. The van der Waals surface area contributed by atoms with Gasteiger partial charge in [0, 0.05) is 0 Å². The number of hydrogen-bond donors (Lipinski definition) is 1. The molecule has 21 heavy (non-hydrogen) atoms. The first-order chi connectivity index (χ1) is 9.68. The van der Waals surface area contributed by atoms with Crippen molar-refractivity contribution in [2.75, 3.05) is 0 Å². The van der Waals surface area contributed by atoms with Crippen LogP contribution in [0, 0.1) is 6.92 Å². The predicted octanol–water partition coefficient (Wildman–Crippen LogP) is 3.09. The minimum Gasteiger partial charge on any atom is -0.465 e. The van der Waals surface area contributed by atoms with Crippen LogP contribution in [0.2, 0.25) is 0 Å². The topological polar surface area (TPSA) is 59.3 Å². The van der Waals surface area contributed by atoms with E-state index in [4.69, 9.17) is 4.42 Å². The maximum atomic E-state index is 12.6. The smallest absolute Gasteiger partial charge is 0.416 e. The van der Waals surface area contributed by atoms with Crippen LogP contribution in [0.25, 0.3) is 0 Å². The number of aryl methyl sites for hydroxylation is 1. The van der Waals surface area contributed by atoms with Crippen molar-refractivity contribution in [3.8, 4) is 0 Å². The van der Waals surface area contributed by atoms with Crippen molar-refractivity contribution in [1.29, 1.82) is 0 Å². The third-order valence-corrected chi connectivity index (χ3v) is 4.10.